The summed E-state index contributed by atoms with van der Waals surface area (Å²) in [6.45, 7) is 5.07. The van der Waals surface area contributed by atoms with Crippen LogP contribution in [0.2, 0.25) is 0 Å². The van der Waals surface area contributed by atoms with Gasteiger partial charge >= 0.3 is 6.09 Å². The molecule has 0 spiro atoms. The number of amides is 1. The van der Waals surface area contributed by atoms with Gasteiger partial charge in [0.1, 0.15) is 5.60 Å². The highest BCUT2D eigenvalue weighted by molar-refractivity contribution is 5.79. The fraction of sp³-hybridized carbons (Fsp3) is 0.500. The summed E-state index contributed by atoms with van der Waals surface area (Å²) >= 11 is 0. The van der Waals surface area contributed by atoms with Gasteiger partial charge < -0.3 is 29.4 Å². The maximum absolute atomic E-state index is 11.7. The van der Waals surface area contributed by atoms with Gasteiger partial charge in [0.15, 0.2) is 11.5 Å². The third kappa shape index (κ3) is 6.06. The van der Waals surface area contributed by atoms with Crippen molar-refractivity contribution < 1.29 is 28.9 Å². The minimum Gasteiger partial charge on any atom is -0.548 e. The predicted octanol–water partition coefficient (Wildman–Crippen LogP) is 0.889. The van der Waals surface area contributed by atoms with E-state index in [4.69, 9.17) is 14.2 Å². The highest BCUT2D eigenvalue weighted by atomic mass is 16.6. The van der Waals surface area contributed by atoms with Crippen molar-refractivity contribution in [2.24, 2.45) is 0 Å². The van der Waals surface area contributed by atoms with E-state index in [1.165, 1.54) is 14.2 Å². The predicted molar refractivity (Wildman–Crippen MR) is 81.4 cm³/mol. The average molecular weight is 324 g/mol. The first-order valence-corrected chi connectivity index (χ1v) is 7.07. The molecular weight excluding hydrogens is 302 g/mol. The SMILES string of the molecule is COc1ccc(C[C@H](NC(=O)OC(C)(C)C)C(=O)[O-])cc1OC. The van der Waals surface area contributed by atoms with E-state index >= 15 is 0 Å². The Hall–Kier alpha value is -2.44. The lowest BCUT2D eigenvalue weighted by molar-refractivity contribution is -0.308. The van der Waals surface area contributed by atoms with Crippen molar-refractivity contribution in [2.75, 3.05) is 14.2 Å². The molecule has 128 valence electrons. The van der Waals surface area contributed by atoms with Gasteiger partial charge in [-0.2, -0.15) is 0 Å². The number of carbonyl (C=O) groups excluding carboxylic acids is 2. The Morgan fingerprint density at radius 3 is 2.26 bits per heavy atom. The quantitative estimate of drug-likeness (QED) is 0.834. The van der Waals surface area contributed by atoms with Crippen molar-refractivity contribution in [3.8, 4) is 11.5 Å². The van der Waals surface area contributed by atoms with E-state index in [-0.39, 0.29) is 6.42 Å². The fourth-order valence-corrected chi connectivity index (χ4v) is 1.89. The standard InChI is InChI=1S/C16H23NO6/c1-16(2,3)23-15(20)17-11(14(18)19)8-10-6-7-12(21-4)13(9-10)22-5/h6-7,9,11H,8H2,1-5H3,(H,17,20)(H,18,19)/p-1/t11-/m0/s1. The van der Waals surface area contributed by atoms with Gasteiger partial charge in [-0.3, -0.25) is 0 Å². The van der Waals surface area contributed by atoms with Crippen LogP contribution in [-0.4, -0.2) is 37.9 Å². The summed E-state index contributed by atoms with van der Waals surface area (Å²) in [6, 6.07) is 3.77. The number of hydrogen-bond donors (Lipinski definition) is 1. The van der Waals surface area contributed by atoms with Crippen molar-refractivity contribution in [2.45, 2.75) is 38.8 Å². The molecule has 0 aliphatic rings. The second-order valence-corrected chi connectivity index (χ2v) is 5.91. The number of carbonyl (C=O) groups is 2. The number of ether oxygens (including phenoxy) is 3. The van der Waals surface area contributed by atoms with E-state index in [1.54, 1.807) is 39.0 Å². The van der Waals surface area contributed by atoms with Crippen molar-refractivity contribution in [3.05, 3.63) is 23.8 Å². The Morgan fingerprint density at radius 2 is 1.78 bits per heavy atom. The Balaban J connectivity index is 2.84. The largest absolute Gasteiger partial charge is 0.548 e. The van der Waals surface area contributed by atoms with E-state index in [9.17, 15) is 14.7 Å². The van der Waals surface area contributed by atoms with Gasteiger partial charge in [0.2, 0.25) is 0 Å². The monoisotopic (exact) mass is 324 g/mol. The van der Waals surface area contributed by atoms with Crippen LogP contribution in [0.25, 0.3) is 0 Å². The number of nitrogens with one attached hydrogen (secondary N) is 1. The van der Waals surface area contributed by atoms with Gasteiger partial charge in [-0.1, -0.05) is 6.07 Å². The van der Waals surface area contributed by atoms with Gasteiger partial charge in [-0.25, -0.2) is 4.79 Å². The Labute approximate surface area is 135 Å². The van der Waals surface area contributed by atoms with Crippen LogP contribution in [0.15, 0.2) is 18.2 Å². The molecule has 0 radical (unpaired) electrons. The van der Waals surface area contributed by atoms with Crippen LogP contribution in [0.4, 0.5) is 4.79 Å². The second-order valence-electron chi connectivity index (χ2n) is 5.91. The number of carboxylic acid groups (broad SMARTS) is 1. The molecule has 1 amide bonds. The smallest absolute Gasteiger partial charge is 0.408 e. The summed E-state index contributed by atoms with van der Waals surface area (Å²) in [4.78, 5) is 23.0. The highest BCUT2D eigenvalue weighted by Crippen LogP contribution is 2.28. The van der Waals surface area contributed by atoms with Crippen LogP contribution < -0.4 is 19.9 Å². The number of hydrogen-bond acceptors (Lipinski definition) is 6. The Bertz CT molecular complexity index is 564. The maximum Gasteiger partial charge on any atom is 0.408 e. The molecule has 0 saturated carbocycles. The molecule has 0 saturated heterocycles. The summed E-state index contributed by atoms with van der Waals surface area (Å²) in [5.41, 5.74) is -0.0721. The van der Waals surface area contributed by atoms with Gasteiger partial charge in [0.05, 0.1) is 26.2 Å². The summed E-state index contributed by atoms with van der Waals surface area (Å²) < 4.78 is 15.3. The minimum absolute atomic E-state index is 0.0297. The molecule has 0 fully saturated rings. The molecule has 7 nitrogen and oxygen atoms in total. The van der Waals surface area contributed by atoms with Gasteiger partial charge in [-0.05, 0) is 44.9 Å². The number of methoxy groups -OCH3 is 2. The molecular formula is C16H22NO6-. The zero-order chi connectivity index (χ0) is 17.6. The average Bonchev–Trinajstić information content (AvgIpc) is 2.44. The lowest BCUT2D eigenvalue weighted by Gasteiger charge is -2.24. The Kier molecular flexibility index (Phi) is 6.24. The topological polar surface area (TPSA) is 96.9 Å². The minimum atomic E-state index is -1.40. The molecule has 0 aliphatic carbocycles. The molecule has 0 heterocycles. The summed E-state index contributed by atoms with van der Waals surface area (Å²) in [5.74, 6) is -0.397. The molecule has 0 aliphatic heterocycles. The summed E-state index contributed by atoms with van der Waals surface area (Å²) in [7, 11) is 2.99. The molecule has 0 unspecified atom stereocenters. The molecule has 1 N–H and O–H groups in total. The summed E-state index contributed by atoms with van der Waals surface area (Å²) in [5, 5.41) is 13.5. The number of alkyl carbamates (subject to hydrolysis) is 1. The first kappa shape index (κ1) is 18.6. The lowest BCUT2D eigenvalue weighted by atomic mass is 10.1. The first-order chi connectivity index (χ1) is 10.7. The number of aliphatic carboxylic acids is 1. The molecule has 7 heteroatoms. The molecule has 1 aromatic carbocycles. The van der Waals surface area contributed by atoms with E-state index in [1.807, 2.05) is 0 Å². The first-order valence-electron chi connectivity index (χ1n) is 7.07. The highest BCUT2D eigenvalue weighted by Gasteiger charge is 2.21. The van der Waals surface area contributed by atoms with E-state index in [0.717, 1.165) is 0 Å². The van der Waals surface area contributed by atoms with Crippen LogP contribution in [-0.2, 0) is 16.0 Å². The molecule has 0 bridgehead atoms. The van der Waals surface area contributed by atoms with Gasteiger partial charge in [-0.15, -0.1) is 0 Å². The van der Waals surface area contributed by atoms with E-state index in [2.05, 4.69) is 5.32 Å². The molecule has 0 aromatic heterocycles. The third-order valence-corrected chi connectivity index (χ3v) is 2.86. The van der Waals surface area contributed by atoms with Crippen LogP contribution in [0.5, 0.6) is 11.5 Å². The third-order valence-electron chi connectivity index (χ3n) is 2.86. The van der Waals surface area contributed by atoms with E-state index in [0.29, 0.717) is 17.1 Å². The Morgan fingerprint density at radius 1 is 1.17 bits per heavy atom. The molecule has 23 heavy (non-hydrogen) atoms. The molecule has 1 atom stereocenters. The normalized spacial score (nSPS) is 12.2. The number of rotatable bonds is 6. The zero-order valence-electron chi connectivity index (χ0n) is 14.0. The van der Waals surface area contributed by atoms with Crippen LogP contribution >= 0.6 is 0 Å². The second kappa shape index (κ2) is 7.71. The van der Waals surface area contributed by atoms with E-state index < -0.39 is 23.7 Å². The number of benzene rings is 1. The van der Waals surface area contributed by atoms with Crippen molar-refractivity contribution in [1.29, 1.82) is 0 Å². The van der Waals surface area contributed by atoms with Gasteiger partial charge in [0, 0.05) is 0 Å². The lowest BCUT2D eigenvalue weighted by Crippen LogP contribution is -2.50. The van der Waals surface area contributed by atoms with Crippen molar-refractivity contribution >= 4 is 12.1 Å². The van der Waals surface area contributed by atoms with Gasteiger partial charge in [0.25, 0.3) is 0 Å². The molecule has 1 rings (SSSR count). The summed E-state index contributed by atoms with van der Waals surface area (Å²) in [6.07, 6.45) is -0.783. The zero-order valence-corrected chi connectivity index (χ0v) is 14.0. The van der Waals surface area contributed by atoms with Crippen LogP contribution in [0, 0.1) is 0 Å². The van der Waals surface area contributed by atoms with Crippen LogP contribution in [0.3, 0.4) is 0 Å². The number of carboxylic acids is 1. The van der Waals surface area contributed by atoms with Crippen molar-refractivity contribution in [1.82, 2.24) is 5.32 Å². The van der Waals surface area contributed by atoms with Crippen LogP contribution in [0.1, 0.15) is 26.3 Å². The molecule has 1 aromatic rings. The maximum atomic E-state index is 11.7. The van der Waals surface area contributed by atoms with Crippen molar-refractivity contribution in [3.63, 3.8) is 0 Å². The fourth-order valence-electron chi connectivity index (χ4n) is 1.89.